The molecule has 12 heteroatoms. The number of hydrogen-bond acceptors (Lipinski definition) is 6. The molecule has 1 N–H and O–H groups in total. The minimum atomic E-state index is -4.76. The quantitative estimate of drug-likeness (QED) is 0.349. The lowest BCUT2D eigenvalue weighted by Crippen LogP contribution is -2.30. The molecular formula is C21H19ClF3N3O5. The highest BCUT2D eigenvalue weighted by Gasteiger charge is 2.34. The van der Waals surface area contributed by atoms with Crippen molar-refractivity contribution in [3.8, 4) is 0 Å². The number of alkyl halides is 3. The normalized spacial score (nSPS) is 14.0. The molecule has 0 bridgehead atoms. The largest absolute Gasteiger partial charge is 0.452 e. The maximum atomic E-state index is 13.1. The Balaban J connectivity index is 1.68. The summed E-state index contributed by atoms with van der Waals surface area (Å²) in [5, 5.41) is 13.4. The van der Waals surface area contributed by atoms with Crippen LogP contribution in [0.25, 0.3) is 0 Å². The molecule has 0 spiro atoms. The Kier molecular flexibility index (Phi) is 7.42. The van der Waals surface area contributed by atoms with Crippen molar-refractivity contribution in [2.45, 2.75) is 25.4 Å². The fourth-order valence-corrected chi connectivity index (χ4v) is 3.63. The summed E-state index contributed by atoms with van der Waals surface area (Å²) in [6.07, 6.45) is -1.92. The molecule has 2 aromatic rings. The number of carbonyl (C=O) groups excluding carboxylic acids is 2. The van der Waals surface area contributed by atoms with Crippen LogP contribution in [0.4, 0.5) is 30.2 Å². The van der Waals surface area contributed by atoms with Gasteiger partial charge in [-0.05, 0) is 49.6 Å². The molecule has 1 saturated heterocycles. The Labute approximate surface area is 191 Å². The molecule has 0 unspecified atom stereocenters. The van der Waals surface area contributed by atoms with Crippen LogP contribution in [0.1, 0.15) is 35.2 Å². The number of ether oxygens (including phenoxy) is 1. The molecular weight excluding hydrogens is 467 g/mol. The van der Waals surface area contributed by atoms with Crippen molar-refractivity contribution >= 4 is 40.5 Å². The molecule has 1 heterocycles. The summed E-state index contributed by atoms with van der Waals surface area (Å²) in [6.45, 7) is 0.436. The Morgan fingerprint density at radius 1 is 1.12 bits per heavy atom. The van der Waals surface area contributed by atoms with E-state index in [4.69, 9.17) is 16.3 Å². The third-order valence-corrected chi connectivity index (χ3v) is 5.24. The number of amides is 1. The number of nitro groups is 1. The molecule has 0 aliphatic carbocycles. The van der Waals surface area contributed by atoms with Gasteiger partial charge in [-0.25, -0.2) is 4.79 Å². The molecule has 1 aliphatic heterocycles. The van der Waals surface area contributed by atoms with Gasteiger partial charge in [0.05, 0.1) is 21.7 Å². The van der Waals surface area contributed by atoms with Gasteiger partial charge in [0, 0.05) is 24.2 Å². The van der Waals surface area contributed by atoms with Gasteiger partial charge in [-0.2, -0.15) is 13.2 Å². The molecule has 1 amide bonds. The van der Waals surface area contributed by atoms with Gasteiger partial charge in [-0.15, -0.1) is 0 Å². The smallest absolute Gasteiger partial charge is 0.418 e. The monoisotopic (exact) mass is 485 g/mol. The summed E-state index contributed by atoms with van der Waals surface area (Å²) < 4.78 is 44.2. The van der Waals surface area contributed by atoms with E-state index in [1.807, 2.05) is 10.2 Å². The molecule has 0 aromatic heterocycles. The molecule has 3 rings (SSSR count). The second-order valence-corrected chi connectivity index (χ2v) is 7.76. The van der Waals surface area contributed by atoms with Crippen LogP contribution in [0.5, 0.6) is 0 Å². The number of esters is 1. The molecule has 2 aromatic carbocycles. The van der Waals surface area contributed by atoms with E-state index in [-0.39, 0.29) is 16.3 Å². The average Bonchev–Trinajstić information content (AvgIpc) is 2.78. The highest BCUT2D eigenvalue weighted by atomic mass is 35.5. The summed E-state index contributed by atoms with van der Waals surface area (Å²) in [7, 11) is 0. The number of anilines is 2. The van der Waals surface area contributed by atoms with Gasteiger partial charge >= 0.3 is 12.1 Å². The molecule has 1 aliphatic rings. The second-order valence-electron chi connectivity index (χ2n) is 7.32. The summed E-state index contributed by atoms with van der Waals surface area (Å²) in [5.41, 5.74) is -1.74. The van der Waals surface area contributed by atoms with Crippen molar-refractivity contribution in [2.75, 3.05) is 29.9 Å². The zero-order valence-corrected chi connectivity index (χ0v) is 17.9. The van der Waals surface area contributed by atoms with Gasteiger partial charge in [0.25, 0.3) is 11.6 Å². The summed E-state index contributed by atoms with van der Waals surface area (Å²) in [4.78, 5) is 37.1. The van der Waals surface area contributed by atoms with Gasteiger partial charge in [-0.1, -0.05) is 11.6 Å². The van der Waals surface area contributed by atoms with Crippen LogP contribution >= 0.6 is 11.6 Å². The minimum Gasteiger partial charge on any atom is -0.452 e. The van der Waals surface area contributed by atoms with Gasteiger partial charge in [0.2, 0.25) is 0 Å². The highest BCUT2D eigenvalue weighted by Crippen LogP contribution is 2.36. The topological polar surface area (TPSA) is 102 Å². The lowest BCUT2D eigenvalue weighted by molar-refractivity contribution is -0.384. The fraction of sp³-hybridized carbons (Fsp3) is 0.333. The Morgan fingerprint density at radius 2 is 1.82 bits per heavy atom. The van der Waals surface area contributed by atoms with Crippen LogP contribution in [-0.2, 0) is 15.7 Å². The van der Waals surface area contributed by atoms with E-state index in [2.05, 4.69) is 0 Å². The van der Waals surface area contributed by atoms with Crippen LogP contribution in [0.2, 0.25) is 5.02 Å². The zero-order chi connectivity index (χ0) is 24.2. The summed E-state index contributed by atoms with van der Waals surface area (Å²) in [5.74, 6) is -2.04. The number of hydrogen-bond donors (Lipinski definition) is 1. The van der Waals surface area contributed by atoms with E-state index < -0.39 is 40.8 Å². The van der Waals surface area contributed by atoms with Gasteiger partial charge in [0.15, 0.2) is 6.61 Å². The van der Waals surface area contributed by atoms with Crippen molar-refractivity contribution in [3.05, 3.63) is 62.7 Å². The summed E-state index contributed by atoms with van der Waals surface area (Å²) >= 11 is 5.59. The number of benzene rings is 2. The number of rotatable bonds is 6. The average molecular weight is 486 g/mol. The van der Waals surface area contributed by atoms with E-state index in [1.165, 1.54) is 18.2 Å². The number of nitro benzene ring substituents is 1. The van der Waals surface area contributed by atoms with Crippen molar-refractivity contribution in [3.63, 3.8) is 0 Å². The van der Waals surface area contributed by atoms with E-state index in [0.717, 1.165) is 31.4 Å². The predicted molar refractivity (Wildman–Crippen MR) is 115 cm³/mol. The Morgan fingerprint density at radius 3 is 2.45 bits per heavy atom. The SMILES string of the molecule is O=C(COC(=O)c1ccc(N2CCCCC2)c([N+](=O)[O-])c1)Nc1ccc(Cl)cc1C(F)(F)F. The van der Waals surface area contributed by atoms with Crippen molar-refractivity contribution < 1.29 is 32.4 Å². The number of halogens is 4. The van der Waals surface area contributed by atoms with E-state index in [0.29, 0.717) is 24.8 Å². The first-order chi connectivity index (χ1) is 15.6. The molecule has 0 atom stereocenters. The summed E-state index contributed by atoms with van der Waals surface area (Å²) in [6, 6.07) is 6.66. The highest BCUT2D eigenvalue weighted by molar-refractivity contribution is 6.30. The molecule has 0 saturated carbocycles. The zero-order valence-electron chi connectivity index (χ0n) is 17.2. The fourth-order valence-electron chi connectivity index (χ4n) is 3.46. The molecule has 176 valence electrons. The van der Waals surface area contributed by atoms with Crippen molar-refractivity contribution in [1.82, 2.24) is 0 Å². The molecule has 0 radical (unpaired) electrons. The Bertz CT molecular complexity index is 1070. The van der Waals surface area contributed by atoms with Crippen LogP contribution < -0.4 is 10.2 Å². The van der Waals surface area contributed by atoms with Crippen molar-refractivity contribution in [2.24, 2.45) is 0 Å². The first-order valence-corrected chi connectivity index (χ1v) is 10.3. The van der Waals surface area contributed by atoms with Crippen LogP contribution in [0.3, 0.4) is 0 Å². The minimum absolute atomic E-state index is 0.155. The third-order valence-electron chi connectivity index (χ3n) is 5.00. The van der Waals surface area contributed by atoms with Crippen molar-refractivity contribution in [1.29, 1.82) is 0 Å². The molecule has 8 nitrogen and oxygen atoms in total. The first-order valence-electron chi connectivity index (χ1n) is 9.93. The van der Waals surface area contributed by atoms with E-state index in [9.17, 15) is 32.9 Å². The van der Waals surface area contributed by atoms with Gasteiger partial charge < -0.3 is 15.0 Å². The third kappa shape index (κ3) is 6.13. The van der Waals surface area contributed by atoms with Crippen LogP contribution in [0, 0.1) is 10.1 Å². The van der Waals surface area contributed by atoms with Gasteiger partial charge in [-0.3, -0.25) is 14.9 Å². The maximum absolute atomic E-state index is 13.1. The van der Waals surface area contributed by atoms with Crippen LogP contribution in [-0.4, -0.2) is 36.5 Å². The lowest BCUT2D eigenvalue weighted by Gasteiger charge is -2.28. The first kappa shape index (κ1) is 24.3. The number of carbonyl (C=O) groups is 2. The molecule has 1 fully saturated rings. The molecule has 33 heavy (non-hydrogen) atoms. The number of nitrogens with one attached hydrogen (secondary N) is 1. The van der Waals surface area contributed by atoms with Gasteiger partial charge in [0.1, 0.15) is 5.69 Å². The standard InChI is InChI=1S/C21H19ClF3N3O5/c22-14-5-6-16(15(11-14)21(23,24)25)26-19(29)12-33-20(30)13-4-7-17(18(10-13)28(31)32)27-8-2-1-3-9-27/h4-7,10-11H,1-3,8-9,12H2,(H,26,29). The Hall–Kier alpha value is -3.34. The maximum Gasteiger partial charge on any atom is 0.418 e. The van der Waals surface area contributed by atoms with E-state index >= 15 is 0 Å². The number of piperidine rings is 1. The number of nitrogens with zero attached hydrogens (tertiary/aromatic N) is 2. The lowest BCUT2D eigenvalue weighted by atomic mass is 10.1. The van der Waals surface area contributed by atoms with E-state index in [1.54, 1.807) is 0 Å². The second kappa shape index (κ2) is 10.1. The van der Waals surface area contributed by atoms with Crippen LogP contribution in [0.15, 0.2) is 36.4 Å². The predicted octanol–water partition coefficient (Wildman–Crippen LogP) is 5.05.